The summed E-state index contributed by atoms with van der Waals surface area (Å²) in [4.78, 5) is 22.3. The second kappa shape index (κ2) is 12.4. The van der Waals surface area contributed by atoms with Crippen LogP contribution in [-0.4, -0.2) is 64.9 Å². The Kier molecular flexibility index (Phi) is 9.01. The van der Waals surface area contributed by atoms with Gasteiger partial charge in [-0.15, -0.1) is 0 Å². The predicted octanol–water partition coefficient (Wildman–Crippen LogP) is 2.52. The number of nitrogens with zero attached hydrogens (tertiary/aromatic N) is 5. The Labute approximate surface area is 210 Å². The normalized spacial score (nSPS) is 21.7. The van der Waals surface area contributed by atoms with E-state index in [1.165, 1.54) is 6.33 Å². The molecule has 3 heterocycles. The van der Waals surface area contributed by atoms with E-state index in [2.05, 4.69) is 46.8 Å². The van der Waals surface area contributed by atoms with Crippen molar-refractivity contribution < 1.29 is 9.57 Å². The second-order valence-electron chi connectivity index (χ2n) is 9.05. The number of nitrogens with two attached hydrogens (primary N) is 1. The number of rotatable bonds is 10. The molecule has 0 amide bonds. The Morgan fingerprint density at radius 2 is 1.94 bits per heavy atom. The maximum absolute atomic E-state index is 9.68. The van der Waals surface area contributed by atoms with E-state index in [1.54, 1.807) is 12.3 Å². The number of anilines is 2. The van der Waals surface area contributed by atoms with Crippen LogP contribution in [0.4, 0.5) is 11.8 Å². The molecule has 0 aromatic carbocycles. The average molecular weight is 502 g/mol. The van der Waals surface area contributed by atoms with Crippen LogP contribution in [0.3, 0.4) is 0 Å². The van der Waals surface area contributed by atoms with E-state index in [0.717, 1.165) is 32.2 Å². The van der Waals surface area contributed by atoms with Crippen LogP contribution < -0.4 is 21.8 Å². The number of nitriles is 1. The summed E-state index contributed by atoms with van der Waals surface area (Å²) in [5.74, 6) is 6.22. The molecule has 2 aromatic rings. The summed E-state index contributed by atoms with van der Waals surface area (Å²) in [6.07, 6.45) is 8.58. The lowest BCUT2D eigenvalue weighted by Gasteiger charge is -2.30. The van der Waals surface area contributed by atoms with E-state index in [9.17, 15) is 5.26 Å². The number of ether oxygens (including phenoxy) is 1. The van der Waals surface area contributed by atoms with Crippen LogP contribution in [0.15, 0.2) is 18.6 Å². The Balaban J connectivity index is 1.38. The van der Waals surface area contributed by atoms with Crippen LogP contribution in [0.1, 0.15) is 38.5 Å². The lowest BCUT2D eigenvalue weighted by Crippen LogP contribution is -2.38. The van der Waals surface area contributed by atoms with Crippen LogP contribution in [0.2, 0.25) is 5.02 Å². The molecular weight excluding hydrogens is 470 g/mol. The molecule has 12 heteroatoms. The van der Waals surface area contributed by atoms with Crippen LogP contribution >= 0.6 is 11.6 Å². The first-order chi connectivity index (χ1) is 17.1. The largest absolute Gasteiger partial charge is 0.381 e. The van der Waals surface area contributed by atoms with E-state index in [4.69, 9.17) is 22.2 Å². The van der Waals surface area contributed by atoms with Gasteiger partial charge in [-0.1, -0.05) is 11.6 Å². The van der Waals surface area contributed by atoms with Gasteiger partial charge in [-0.2, -0.15) is 5.26 Å². The van der Waals surface area contributed by atoms with Gasteiger partial charge in [0.25, 0.3) is 0 Å². The number of hydrogen-bond acceptors (Lipinski definition) is 11. The predicted molar refractivity (Wildman–Crippen MR) is 132 cm³/mol. The SMILES string of the molecule is N#CC1(CNc2cc(-c3nc(NC4CCC(NCCON)CC4)ncc3Cl)ncn2)CCOCC1. The topological polar surface area (TPSA) is 156 Å². The molecular formula is C23H32ClN9O2. The molecule has 1 aliphatic heterocycles. The summed E-state index contributed by atoms with van der Waals surface area (Å²) in [7, 11) is 0. The smallest absolute Gasteiger partial charge is 0.223 e. The number of aromatic nitrogens is 4. The minimum Gasteiger partial charge on any atom is -0.381 e. The third kappa shape index (κ3) is 6.96. The maximum atomic E-state index is 9.68. The fourth-order valence-electron chi connectivity index (χ4n) is 4.50. The number of nitrogens with one attached hydrogen (secondary N) is 3. The first kappa shape index (κ1) is 25.5. The van der Waals surface area contributed by atoms with E-state index in [0.29, 0.717) is 73.4 Å². The number of hydrogen-bond donors (Lipinski definition) is 4. The van der Waals surface area contributed by atoms with Crippen molar-refractivity contribution in [1.29, 1.82) is 5.26 Å². The molecule has 1 aliphatic carbocycles. The van der Waals surface area contributed by atoms with E-state index < -0.39 is 5.41 Å². The summed E-state index contributed by atoms with van der Waals surface area (Å²) in [6, 6.07) is 5.01. The molecule has 35 heavy (non-hydrogen) atoms. The van der Waals surface area contributed by atoms with Crippen LogP contribution in [0.25, 0.3) is 11.4 Å². The lowest BCUT2D eigenvalue weighted by molar-refractivity contribution is 0.0455. The highest BCUT2D eigenvalue weighted by Gasteiger charge is 2.32. The highest BCUT2D eigenvalue weighted by molar-refractivity contribution is 6.32. The zero-order valence-electron chi connectivity index (χ0n) is 19.7. The van der Waals surface area contributed by atoms with Gasteiger partial charge in [0.05, 0.1) is 35.0 Å². The van der Waals surface area contributed by atoms with Gasteiger partial charge in [0.15, 0.2) is 0 Å². The molecule has 0 bridgehead atoms. The third-order valence-electron chi connectivity index (χ3n) is 6.66. The molecule has 2 fully saturated rings. The van der Waals surface area contributed by atoms with Crippen molar-refractivity contribution >= 4 is 23.4 Å². The van der Waals surface area contributed by atoms with Gasteiger partial charge in [-0.3, -0.25) is 0 Å². The van der Waals surface area contributed by atoms with E-state index >= 15 is 0 Å². The Hall–Kier alpha value is -2.62. The first-order valence-electron chi connectivity index (χ1n) is 12.0. The van der Waals surface area contributed by atoms with Crippen molar-refractivity contribution in [3.8, 4) is 17.5 Å². The van der Waals surface area contributed by atoms with Gasteiger partial charge in [0, 0.05) is 44.5 Å². The zero-order valence-corrected chi connectivity index (χ0v) is 20.4. The Morgan fingerprint density at radius 1 is 1.17 bits per heavy atom. The van der Waals surface area contributed by atoms with Crippen molar-refractivity contribution in [1.82, 2.24) is 25.3 Å². The molecule has 1 saturated heterocycles. The van der Waals surface area contributed by atoms with Crippen molar-refractivity contribution in [2.24, 2.45) is 11.3 Å². The first-order valence-corrected chi connectivity index (χ1v) is 12.4. The summed E-state index contributed by atoms with van der Waals surface area (Å²) in [6.45, 7) is 2.94. The van der Waals surface area contributed by atoms with Gasteiger partial charge >= 0.3 is 0 Å². The summed E-state index contributed by atoms with van der Waals surface area (Å²) in [5.41, 5.74) is 0.665. The number of halogens is 1. The molecule has 2 aliphatic rings. The highest BCUT2D eigenvalue weighted by atomic mass is 35.5. The van der Waals surface area contributed by atoms with Crippen molar-refractivity contribution in [3.63, 3.8) is 0 Å². The molecule has 11 nitrogen and oxygen atoms in total. The van der Waals surface area contributed by atoms with Crippen LogP contribution in [0, 0.1) is 16.7 Å². The van der Waals surface area contributed by atoms with Crippen molar-refractivity contribution in [2.45, 2.75) is 50.6 Å². The second-order valence-corrected chi connectivity index (χ2v) is 9.46. The Bertz CT molecular complexity index is 1000. The van der Waals surface area contributed by atoms with E-state index in [-0.39, 0.29) is 6.04 Å². The van der Waals surface area contributed by atoms with Crippen LogP contribution in [0.5, 0.6) is 0 Å². The molecule has 0 spiro atoms. The van der Waals surface area contributed by atoms with Gasteiger partial charge in [-0.25, -0.2) is 25.8 Å². The Morgan fingerprint density at radius 3 is 2.69 bits per heavy atom. The molecule has 5 N–H and O–H groups in total. The van der Waals surface area contributed by atoms with Gasteiger partial charge in [0.2, 0.25) is 5.95 Å². The molecule has 4 rings (SSSR count). The quantitative estimate of drug-likeness (QED) is 0.280. The standard InChI is InChI=1S/C23H32ClN9O2/c24-18-12-28-22(32-17-3-1-16(2-4-17)27-7-10-35-26)33-21(18)19-11-20(31-15-30-19)29-14-23(13-25)5-8-34-9-6-23/h11-12,15-17,27H,1-10,14,26H2,(H,28,32,33)(H,29,30,31). The lowest BCUT2D eigenvalue weighted by atomic mass is 9.82. The van der Waals surface area contributed by atoms with Crippen molar-refractivity contribution in [3.05, 3.63) is 23.6 Å². The fraction of sp³-hybridized carbons (Fsp3) is 0.609. The van der Waals surface area contributed by atoms with E-state index in [1.807, 2.05) is 0 Å². The van der Waals surface area contributed by atoms with Crippen molar-refractivity contribution in [2.75, 3.05) is 43.5 Å². The zero-order chi connectivity index (χ0) is 24.5. The minimum atomic E-state index is -0.459. The molecule has 0 radical (unpaired) electrons. The van der Waals surface area contributed by atoms with Crippen LogP contribution in [-0.2, 0) is 9.57 Å². The molecule has 1 saturated carbocycles. The average Bonchev–Trinajstić information content (AvgIpc) is 2.90. The summed E-state index contributed by atoms with van der Waals surface area (Å²) >= 11 is 6.43. The molecule has 0 unspecified atom stereocenters. The fourth-order valence-corrected chi connectivity index (χ4v) is 4.68. The highest BCUT2D eigenvalue weighted by Crippen LogP contribution is 2.31. The maximum Gasteiger partial charge on any atom is 0.223 e. The monoisotopic (exact) mass is 501 g/mol. The van der Waals surface area contributed by atoms with Gasteiger partial charge < -0.3 is 25.5 Å². The third-order valence-corrected chi connectivity index (χ3v) is 6.94. The minimum absolute atomic E-state index is 0.289. The summed E-state index contributed by atoms with van der Waals surface area (Å²) in [5, 5.41) is 20.3. The molecule has 2 aromatic heterocycles. The van der Waals surface area contributed by atoms with Gasteiger partial charge in [0.1, 0.15) is 17.8 Å². The summed E-state index contributed by atoms with van der Waals surface area (Å²) < 4.78 is 5.41. The van der Waals surface area contributed by atoms with Gasteiger partial charge in [-0.05, 0) is 38.5 Å². The molecule has 0 atom stereocenters. The molecule has 188 valence electrons.